The fourth-order valence-electron chi connectivity index (χ4n) is 0.553. The average molecular weight is 99.2 g/mol. The van der Waals surface area contributed by atoms with Crippen LogP contribution in [0.5, 0.6) is 0 Å². The van der Waals surface area contributed by atoms with Crippen LogP contribution in [0, 0.1) is 12.8 Å². The van der Waals surface area contributed by atoms with E-state index in [0.717, 1.165) is 12.3 Å². The van der Waals surface area contributed by atoms with Gasteiger partial charge in [0.25, 0.3) is 0 Å². The molecule has 0 nitrogen and oxygen atoms in total. The van der Waals surface area contributed by atoms with Crippen molar-refractivity contribution in [3.05, 3.63) is 6.92 Å². The highest BCUT2D eigenvalue weighted by Gasteiger charge is 1.92. The van der Waals surface area contributed by atoms with Crippen molar-refractivity contribution in [2.45, 2.75) is 33.1 Å². The molecule has 43 valence electrons. The molecule has 0 aromatic carbocycles. The quantitative estimate of drug-likeness (QED) is 0.510. The molecule has 0 heterocycles. The molecule has 0 aliphatic heterocycles. The molecule has 0 aliphatic rings. The van der Waals surface area contributed by atoms with Crippen molar-refractivity contribution in [1.29, 1.82) is 0 Å². The third-order valence-corrected chi connectivity index (χ3v) is 1.39. The molecular formula is C7H15. The highest BCUT2D eigenvalue weighted by molar-refractivity contribution is 4.49. The van der Waals surface area contributed by atoms with Gasteiger partial charge in [-0.25, -0.2) is 0 Å². The van der Waals surface area contributed by atoms with Gasteiger partial charge >= 0.3 is 0 Å². The molecule has 0 heteroatoms. The molecule has 0 bridgehead atoms. The van der Waals surface area contributed by atoms with Gasteiger partial charge in [0.05, 0.1) is 0 Å². The molecule has 0 saturated carbocycles. The standard InChI is InChI=1S/C7H15/c1-4-6-7(3)5-2/h7H,1,4-6H2,2-3H3/t7-/m0/s1. The molecule has 0 rings (SSSR count). The summed E-state index contributed by atoms with van der Waals surface area (Å²) in [6, 6.07) is 0. The fraction of sp³-hybridized carbons (Fsp3) is 0.857. The first-order chi connectivity index (χ1) is 3.31. The van der Waals surface area contributed by atoms with E-state index in [2.05, 4.69) is 20.8 Å². The van der Waals surface area contributed by atoms with Crippen LogP contribution < -0.4 is 0 Å². The predicted molar refractivity (Wildman–Crippen MR) is 34.0 cm³/mol. The SMILES string of the molecule is [CH2]CC[C@@H](C)CC. The Bertz CT molecular complexity index is 31.0. The minimum Gasteiger partial charge on any atom is -0.0651 e. The maximum atomic E-state index is 3.77. The van der Waals surface area contributed by atoms with Gasteiger partial charge in [0.15, 0.2) is 0 Å². The van der Waals surface area contributed by atoms with Gasteiger partial charge in [-0.05, 0) is 5.92 Å². The Morgan fingerprint density at radius 2 is 2.14 bits per heavy atom. The van der Waals surface area contributed by atoms with Gasteiger partial charge in [-0.2, -0.15) is 0 Å². The van der Waals surface area contributed by atoms with E-state index >= 15 is 0 Å². The summed E-state index contributed by atoms with van der Waals surface area (Å²) in [4.78, 5) is 0. The zero-order chi connectivity index (χ0) is 5.70. The van der Waals surface area contributed by atoms with E-state index in [-0.39, 0.29) is 0 Å². The highest BCUT2D eigenvalue weighted by atomic mass is 14.0. The molecule has 1 radical (unpaired) electrons. The molecule has 1 atom stereocenters. The van der Waals surface area contributed by atoms with Crippen LogP contribution in [-0.4, -0.2) is 0 Å². The van der Waals surface area contributed by atoms with Gasteiger partial charge in [0.1, 0.15) is 0 Å². The van der Waals surface area contributed by atoms with Crippen molar-refractivity contribution in [2.24, 2.45) is 5.92 Å². The van der Waals surface area contributed by atoms with Gasteiger partial charge in [-0.1, -0.05) is 40.0 Å². The Hall–Kier alpha value is 0. The van der Waals surface area contributed by atoms with Gasteiger partial charge < -0.3 is 0 Å². The van der Waals surface area contributed by atoms with Crippen molar-refractivity contribution in [2.75, 3.05) is 0 Å². The van der Waals surface area contributed by atoms with E-state index in [9.17, 15) is 0 Å². The van der Waals surface area contributed by atoms with E-state index in [1.165, 1.54) is 12.8 Å². The molecule has 0 fully saturated rings. The number of rotatable bonds is 3. The van der Waals surface area contributed by atoms with Gasteiger partial charge in [0, 0.05) is 0 Å². The summed E-state index contributed by atoms with van der Waals surface area (Å²) in [5.41, 5.74) is 0. The summed E-state index contributed by atoms with van der Waals surface area (Å²) in [5, 5.41) is 0. The molecule has 7 heavy (non-hydrogen) atoms. The Morgan fingerprint density at radius 1 is 1.57 bits per heavy atom. The molecule has 0 saturated heterocycles. The maximum Gasteiger partial charge on any atom is -0.0445 e. The van der Waals surface area contributed by atoms with Crippen molar-refractivity contribution in [3.8, 4) is 0 Å². The third-order valence-electron chi connectivity index (χ3n) is 1.39. The lowest BCUT2D eigenvalue weighted by Gasteiger charge is -2.02. The van der Waals surface area contributed by atoms with E-state index in [0.29, 0.717) is 0 Å². The van der Waals surface area contributed by atoms with Crippen molar-refractivity contribution in [1.82, 2.24) is 0 Å². The zero-order valence-corrected chi connectivity index (χ0v) is 5.41. The smallest absolute Gasteiger partial charge is 0.0445 e. The first-order valence-electron chi connectivity index (χ1n) is 3.10. The molecule has 0 aromatic rings. The molecule has 0 aromatic heterocycles. The van der Waals surface area contributed by atoms with E-state index in [1.54, 1.807) is 0 Å². The number of hydrogen-bond donors (Lipinski definition) is 0. The lowest BCUT2D eigenvalue weighted by molar-refractivity contribution is 0.521. The van der Waals surface area contributed by atoms with Gasteiger partial charge in [-0.15, -0.1) is 0 Å². The van der Waals surface area contributed by atoms with Crippen LogP contribution in [0.15, 0.2) is 0 Å². The van der Waals surface area contributed by atoms with E-state index in [4.69, 9.17) is 0 Å². The van der Waals surface area contributed by atoms with Crippen LogP contribution in [0.2, 0.25) is 0 Å². The van der Waals surface area contributed by atoms with Crippen LogP contribution in [0.3, 0.4) is 0 Å². The molecule has 0 spiro atoms. The van der Waals surface area contributed by atoms with E-state index < -0.39 is 0 Å². The van der Waals surface area contributed by atoms with Crippen molar-refractivity contribution < 1.29 is 0 Å². The monoisotopic (exact) mass is 99.1 g/mol. The summed E-state index contributed by atoms with van der Waals surface area (Å²) >= 11 is 0. The Morgan fingerprint density at radius 3 is 2.29 bits per heavy atom. The van der Waals surface area contributed by atoms with Crippen LogP contribution in [-0.2, 0) is 0 Å². The second-order valence-electron chi connectivity index (χ2n) is 2.16. The summed E-state index contributed by atoms with van der Waals surface area (Å²) < 4.78 is 0. The van der Waals surface area contributed by atoms with E-state index in [1.807, 2.05) is 0 Å². The zero-order valence-electron chi connectivity index (χ0n) is 5.41. The molecule has 0 aliphatic carbocycles. The topological polar surface area (TPSA) is 0 Å². The summed E-state index contributed by atoms with van der Waals surface area (Å²) in [6.45, 7) is 8.27. The second kappa shape index (κ2) is 4.17. The first-order valence-corrected chi connectivity index (χ1v) is 3.10. The maximum absolute atomic E-state index is 3.77. The Labute approximate surface area is 46.9 Å². The third kappa shape index (κ3) is 3.84. The first kappa shape index (κ1) is 7.00. The summed E-state index contributed by atoms with van der Waals surface area (Å²) in [7, 11) is 0. The predicted octanol–water partition coefficient (Wildman–Crippen LogP) is 2.65. The lowest BCUT2D eigenvalue weighted by atomic mass is 10.0. The van der Waals surface area contributed by atoms with Crippen LogP contribution in [0.4, 0.5) is 0 Å². The summed E-state index contributed by atoms with van der Waals surface area (Å²) in [6.07, 6.45) is 3.68. The Balaban J connectivity index is 2.83. The van der Waals surface area contributed by atoms with Crippen LogP contribution in [0.1, 0.15) is 33.1 Å². The lowest BCUT2D eigenvalue weighted by Crippen LogP contribution is -1.88. The molecule has 0 unspecified atom stereocenters. The Kier molecular flexibility index (Phi) is 4.17. The van der Waals surface area contributed by atoms with Crippen molar-refractivity contribution in [3.63, 3.8) is 0 Å². The summed E-state index contributed by atoms with van der Waals surface area (Å²) in [5.74, 6) is 0.887. The fourth-order valence-corrected chi connectivity index (χ4v) is 0.553. The second-order valence-corrected chi connectivity index (χ2v) is 2.16. The minimum atomic E-state index is 0.887. The van der Waals surface area contributed by atoms with Gasteiger partial charge in [-0.3, -0.25) is 0 Å². The van der Waals surface area contributed by atoms with Crippen molar-refractivity contribution >= 4 is 0 Å². The van der Waals surface area contributed by atoms with Crippen LogP contribution >= 0.6 is 0 Å². The average Bonchev–Trinajstić information content (AvgIpc) is 1.68. The number of hydrogen-bond acceptors (Lipinski definition) is 0. The van der Waals surface area contributed by atoms with Gasteiger partial charge in [0.2, 0.25) is 0 Å². The van der Waals surface area contributed by atoms with Crippen LogP contribution in [0.25, 0.3) is 0 Å². The normalized spacial score (nSPS) is 14.1. The molecular weight excluding hydrogens is 84.1 g/mol. The molecule has 0 N–H and O–H groups in total. The molecule has 0 amide bonds. The largest absolute Gasteiger partial charge is 0.0651 e. The minimum absolute atomic E-state index is 0.887. The highest BCUT2D eigenvalue weighted by Crippen LogP contribution is 2.07.